The molecule has 1 atom stereocenters. The van der Waals surface area contributed by atoms with E-state index in [0.29, 0.717) is 29.5 Å². The second-order valence-corrected chi connectivity index (χ2v) is 9.83. The molecule has 0 aliphatic heterocycles. The predicted molar refractivity (Wildman–Crippen MR) is 156 cm³/mol. The van der Waals surface area contributed by atoms with Crippen molar-refractivity contribution in [2.24, 2.45) is 11.5 Å². The third kappa shape index (κ3) is 7.69. The Kier molecular flexibility index (Phi) is 8.98. The molecule has 1 amide bonds. The van der Waals surface area contributed by atoms with Gasteiger partial charge in [-0.1, -0.05) is 54.6 Å². The van der Waals surface area contributed by atoms with Crippen LogP contribution in [0, 0.1) is 17.7 Å². The van der Waals surface area contributed by atoms with E-state index >= 15 is 0 Å². The van der Waals surface area contributed by atoms with Crippen molar-refractivity contribution < 1.29 is 19.4 Å². The molecule has 0 saturated carbocycles. The molecule has 0 bridgehead atoms. The van der Waals surface area contributed by atoms with Crippen molar-refractivity contribution in [2.75, 3.05) is 6.54 Å². The van der Waals surface area contributed by atoms with Crippen LogP contribution in [0.15, 0.2) is 66.7 Å². The molecular weight excluding hydrogens is 522 g/mol. The van der Waals surface area contributed by atoms with E-state index in [4.69, 9.17) is 27.0 Å². The minimum atomic E-state index is -1.25. The van der Waals surface area contributed by atoms with Crippen LogP contribution in [0.5, 0.6) is 0 Å². The average molecular weight is 556 g/mol. The minimum Gasteiger partial charge on any atom is -0.465 e. The predicted octanol–water partition coefficient (Wildman–Crippen LogP) is 4.23. The van der Waals surface area contributed by atoms with Gasteiger partial charge < -0.3 is 26.3 Å². The summed E-state index contributed by atoms with van der Waals surface area (Å²) in [7, 11) is 0. The van der Waals surface area contributed by atoms with Crippen LogP contribution in [0.2, 0.25) is 0 Å². The van der Waals surface area contributed by atoms with E-state index < -0.39 is 24.7 Å². The van der Waals surface area contributed by atoms with Gasteiger partial charge in [-0.15, -0.1) is 0 Å². The van der Waals surface area contributed by atoms with Crippen LogP contribution in [0.25, 0.3) is 11.0 Å². The third-order valence-electron chi connectivity index (χ3n) is 6.70. The number of imidazole rings is 1. The van der Waals surface area contributed by atoms with Crippen molar-refractivity contribution in [3.63, 3.8) is 0 Å². The molecule has 4 rings (SSSR count). The number of ether oxygens (including phenoxy) is 1. The fourth-order valence-corrected chi connectivity index (χ4v) is 4.54. The zero-order valence-corrected chi connectivity index (χ0v) is 22.7. The number of carbonyl (C=O) groups is 2. The normalized spacial score (nSPS) is 11.6. The molecule has 41 heavy (non-hydrogen) atoms. The number of benzene rings is 3. The first-order chi connectivity index (χ1) is 19.6. The second-order valence-electron chi connectivity index (χ2n) is 9.83. The van der Waals surface area contributed by atoms with Crippen LogP contribution in [0.1, 0.15) is 52.6 Å². The van der Waals surface area contributed by atoms with E-state index in [9.17, 15) is 14.7 Å². The van der Waals surface area contributed by atoms with Gasteiger partial charge in [0.15, 0.2) is 0 Å². The maximum Gasteiger partial charge on any atom is 0.408 e. The minimum absolute atomic E-state index is 0.0106. The molecule has 11 heteroatoms. The van der Waals surface area contributed by atoms with Gasteiger partial charge in [-0.05, 0) is 55.0 Å². The number of hydrogen-bond acceptors (Lipinski definition) is 6. The van der Waals surface area contributed by atoms with Gasteiger partial charge in [0.25, 0.3) is 0 Å². The number of hydrogen-bond donors (Lipinski definition) is 6. The summed E-state index contributed by atoms with van der Waals surface area (Å²) in [6.45, 7) is 1.39. The zero-order chi connectivity index (χ0) is 29.5. The molecular formula is C30H33N7O4. The summed E-state index contributed by atoms with van der Waals surface area (Å²) in [4.78, 5) is 33.6. The van der Waals surface area contributed by atoms with Crippen molar-refractivity contribution >= 4 is 34.8 Å². The van der Waals surface area contributed by atoms with Crippen molar-refractivity contribution in [2.45, 2.75) is 38.8 Å². The van der Waals surface area contributed by atoms with Gasteiger partial charge >= 0.3 is 12.1 Å². The molecule has 3 aromatic carbocycles. The number of nitrogens with one attached hydrogen (secondary N) is 3. The van der Waals surface area contributed by atoms with Gasteiger partial charge in [-0.25, -0.2) is 9.78 Å². The number of rotatable bonds is 12. The molecule has 1 heterocycles. The SMILES string of the molecule is Cc1nc2ccc(C(CCCc3ccc(C(=N)N)cc3)OC(=O)CN(Cc3ccc(C(=N)N)cc3)C(=O)O)cc2[nH]1. The summed E-state index contributed by atoms with van der Waals surface area (Å²) in [5, 5.41) is 24.8. The number of carbonyl (C=O) groups excluding carboxylic acids is 1. The topological polar surface area (TPSA) is 195 Å². The molecule has 1 unspecified atom stereocenters. The third-order valence-corrected chi connectivity index (χ3v) is 6.70. The molecule has 0 saturated heterocycles. The number of nitrogens with two attached hydrogens (primary N) is 2. The molecule has 1 aromatic heterocycles. The summed E-state index contributed by atoms with van der Waals surface area (Å²) in [5.41, 5.74) is 16.3. The number of carboxylic acid groups (broad SMARTS) is 1. The molecule has 0 aliphatic carbocycles. The standard InChI is InChI=1S/C30H33N7O4/c1-18-35-24-14-13-23(15-25(24)36-18)26(4-2-3-19-5-9-21(10-6-19)28(31)32)41-27(38)17-37(30(39)40)16-20-7-11-22(12-8-20)29(33)34/h5-15,26H,2-4,16-17H2,1H3,(H3,31,32)(H3,33,34)(H,35,36)(H,39,40). The van der Waals surface area contributed by atoms with Crippen molar-refractivity contribution in [1.82, 2.24) is 14.9 Å². The van der Waals surface area contributed by atoms with E-state index in [2.05, 4.69) is 9.97 Å². The Balaban J connectivity index is 1.46. The van der Waals surface area contributed by atoms with Crippen molar-refractivity contribution in [3.05, 3.63) is 100 Å². The quantitative estimate of drug-likeness (QED) is 0.0854. The van der Waals surface area contributed by atoms with Crippen molar-refractivity contribution in [3.8, 4) is 0 Å². The summed E-state index contributed by atoms with van der Waals surface area (Å²) in [5.74, 6) is 0.0341. The molecule has 0 spiro atoms. The lowest BCUT2D eigenvalue weighted by molar-refractivity contribution is -0.151. The lowest BCUT2D eigenvalue weighted by Crippen LogP contribution is -2.35. The van der Waals surface area contributed by atoms with E-state index in [1.54, 1.807) is 36.4 Å². The van der Waals surface area contributed by atoms with E-state index in [0.717, 1.165) is 39.3 Å². The number of fused-ring (bicyclic) bond motifs is 1. The van der Waals surface area contributed by atoms with Crippen LogP contribution in [0.3, 0.4) is 0 Å². The Hall–Kier alpha value is -5.19. The number of aromatic amines is 1. The summed E-state index contributed by atoms with van der Waals surface area (Å²) in [6.07, 6.45) is 0.0748. The number of esters is 1. The lowest BCUT2D eigenvalue weighted by Gasteiger charge is -2.22. The van der Waals surface area contributed by atoms with Crippen LogP contribution < -0.4 is 11.5 Å². The van der Waals surface area contributed by atoms with Gasteiger partial charge in [0.05, 0.1) is 11.0 Å². The highest BCUT2D eigenvalue weighted by Gasteiger charge is 2.22. The number of aryl methyl sites for hydroxylation is 2. The molecule has 0 aliphatic rings. The number of aromatic nitrogens is 2. The van der Waals surface area contributed by atoms with Gasteiger partial charge in [0, 0.05) is 17.7 Å². The molecule has 0 radical (unpaired) electrons. The first-order valence-electron chi connectivity index (χ1n) is 13.1. The van der Waals surface area contributed by atoms with Gasteiger partial charge in [0.2, 0.25) is 0 Å². The smallest absolute Gasteiger partial charge is 0.408 e. The Morgan fingerprint density at radius 1 is 0.976 bits per heavy atom. The Bertz CT molecular complexity index is 1560. The summed E-state index contributed by atoms with van der Waals surface area (Å²) < 4.78 is 5.88. The number of amidine groups is 2. The van der Waals surface area contributed by atoms with Crippen LogP contribution >= 0.6 is 0 Å². The Morgan fingerprint density at radius 2 is 1.59 bits per heavy atom. The van der Waals surface area contributed by atoms with Crippen molar-refractivity contribution in [1.29, 1.82) is 10.8 Å². The number of H-pyrrole nitrogens is 1. The summed E-state index contributed by atoms with van der Waals surface area (Å²) in [6, 6.07) is 19.7. The molecule has 212 valence electrons. The molecule has 0 fully saturated rings. The summed E-state index contributed by atoms with van der Waals surface area (Å²) >= 11 is 0. The molecule has 4 aromatic rings. The second kappa shape index (κ2) is 12.8. The average Bonchev–Trinajstić information content (AvgIpc) is 3.32. The maximum atomic E-state index is 13.1. The zero-order valence-electron chi connectivity index (χ0n) is 22.7. The molecule has 11 nitrogen and oxygen atoms in total. The Labute approximate surface area is 237 Å². The number of nitrogen functional groups attached to an aromatic ring is 2. The van der Waals surface area contributed by atoms with Crippen LogP contribution in [0.4, 0.5) is 4.79 Å². The first kappa shape index (κ1) is 28.8. The lowest BCUT2D eigenvalue weighted by atomic mass is 10.00. The Morgan fingerprint density at radius 3 is 2.17 bits per heavy atom. The fourth-order valence-electron chi connectivity index (χ4n) is 4.54. The monoisotopic (exact) mass is 555 g/mol. The number of nitrogens with zero attached hydrogens (tertiary/aromatic N) is 2. The van der Waals surface area contributed by atoms with Crippen LogP contribution in [-0.4, -0.2) is 50.3 Å². The van der Waals surface area contributed by atoms with E-state index in [-0.39, 0.29) is 18.2 Å². The highest BCUT2D eigenvalue weighted by Crippen LogP contribution is 2.27. The van der Waals surface area contributed by atoms with Crippen LogP contribution in [-0.2, 0) is 22.5 Å². The highest BCUT2D eigenvalue weighted by molar-refractivity contribution is 5.95. The van der Waals surface area contributed by atoms with Gasteiger partial charge in [-0.2, -0.15) is 0 Å². The number of amides is 1. The maximum absolute atomic E-state index is 13.1. The van der Waals surface area contributed by atoms with Gasteiger partial charge in [-0.3, -0.25) is 20.5 Å². The highest BCUT2D eigenvalue weighted by atomic mass is 16.5. The van der Waals surface area contributed by atoms with Gasteiger partial charge in [0.1, 0.15) is 30.1 Å². The largest absolute Gasteiger partial charge is 0.465 e. The first-order valence-corrected chi connectivity index (χ1v) is 13.1. The van der Waals surface area contributed by atoms with E-state index in [1.807, 2.05) is 37.3 Å². The molecule has 8 N–H and O–H groups in total. The van der Waals surface area contributed by atoms with E-state index in [1.165, 1.54) is 0 Å². The fraction of sp³-hybridized carbons (Fsp3) is 0.233.